The first kappa shape index (κ1) is 11.3. The molecule has 0 amide bonds. The Morgan fingerprint density at radius 1 is 1.53 bits per heavy atom. The Morgan fingerprint density at radius 2 is 2.29 bits per heavy atom. The highest BCUT2D eigenvalue weighted by molar-refractivity contribution is 6.33. The van der Waals surface area contributed by atoms with Gasteiger partial charge in [-0.3, -0.25) is 10.1 Å². The number of aryl methyl sites for hydroxylation is 1. The standard InChI is InChI=1S/C8H7ClN6O2/c1-14-8(11-12-13-14)10-6-4-2-3-5(9)7(6)15(16)17/h2-4H,1H3,(H,10,11,13). The third-order valence-corrected chi connectivity index (χ3v) is 2.34. The third-order valence-electron chi connectivity index (χ3n) is 2.04. The number of para-hydroxylation sites is 1. The van der Waals surface area contributed by atoms with Crippen LogP contribution in [0.25, 0.3) is 0 Å². The van der Waals surface area contributed by atoms with Crippen LogP contribution in [-0.2, 0) is 7.05 Å². The molecule has 0 aliphatic rings. The summed E-state index contributed by atoms with van der Waals surface area (Å²) in [6.07, 6.45) is 0. The van der Waals surface area contributed by atoms with Crippen LogP contribution in [0.5, 0.6) is 0 Å². The number of rotatable bonds is 3. The molecule has 2 aromatic rings. The number of nitro groups is 1. The monoisotopic (exact) mass is 254 g/mol. The number of hydrogen-bond acceptors (Lipinski definition) is 6. The maximum absolute atomic E-state index is 10.9. The molecule has 0 saturated heterocycles. The molecule has 1 N–H and O–H groups in total. The first-order valence-electron chi connectivity index (χ1n) is 4.52. The molecule has 1 aromatic carbocycles. The summed E-state index contributed by atoms with van der Waals surface area (Å²) in [5.41, 5.74) is 0.0255. The molecule has 0 spiro atoms. The number of halogens is 1. The smallest absolute Gasteiger partial charge is 0.311 e. The fourth-order valence-corrected chi connectivity index (χ4v) is 1.50. The minimum Gasteiger partial charge on any atom is -0.317 e. The number of benzene rings is 1. The van der Waals surface area contributed by atoms with Crippen LogP contribution < -0.4 is 5.32 Å². The van der Waals surface area contributed by atoms with E-state index < -0.39 is 4.92 Å². The summed E-state index contributed by atoms with van der Waals surface area (Å²) in [7, 11) is 1.61. The van der Waals surface area contributed by atoms with Gasteiger partial charge in [0.25, 0.3) is 0 Å². The lowest BCUT2D eigenvalue weighted by molar-refractivity contribution is -0.383. The molecular formula is C8H7ClN6O2. The average Bonchev–Trinajstić information content (AvgIpc) is 2.64. The summed E-state index contributed by atoms with van der Waals surface area (Å²) in [6, 6.07) is 4.57. The lowest BCUT2D eigenvalue weighted by Gasteiger charge is -2.05. The molecule has 0 fully saturated rings. The number of anilines is 2. The van der Waals surface area contributed by atoms with Crippen LogP contribution in [0.15, 0.2) is 18.2 Å². The Morgan fingerprint density at radius 3 is 2.88 bits per heavy atom. The van der Waals surface area contributed by atoms with Crippen molar-refractivity contribution in [2.75, 3.05) is 5.32 Å². The van der Waals surface area contributed by atoms with Crippen LogP contribution in [0.1, 0.15) is 0 Å². The molecule has 9 heteroatoms. The van der Waals surface area contributed by atoms with Gasteiger partial charge >= 0.3 is 5.69 Å². The maximum atomic E-state index is 10.9. The summed E-state index contributed by atoms with van der Waals surface area (Å²) in [5.74, 6) is 0.287. The zero-order chi connectivity index (χ0) is 12.4. The molecule has 0 radical (unpaired) electrons. The minimum atomic E-state index is -0.561. The highest BCUT2D eigenvalue weighted by Crippen LogP contribution is 2.33. The van der Waals surface area contributed by atoms with Crippen LogP contribution in [0, 0.1) is 10.1 Å². The lowest BCUT2D eigenvalue weighted by Crippen LogP contribution is -2.03. The second-order valence-electron chi connectivity index (χ2n) is 3.14. The fraction of sp³-hybridized carbons (Fsp3) is 0.125. The van der Waals surface area contributed by atoms with Crippen molar-refractivity contribution < 1.29 is 4.92 Å². The summed E-state index contributed by atoms with van der Waals surface area (Å²) in [5, 5.41) is 24.4. The Labute approximate surface area is 100 Å². The zero-order valence-electron chi connectivity index (χ0n) is 8.66. The molecule has 0 atom stereocenters. The summed E-state index contributed by atoms with van der Waals surface area (Å²) in [6.45, 7) is 0. The van der Waals surface area contributed by atoms with Gasteiger partial charge in [-0.25, -0.2) is 4.68 Å². The highest BCUT2D eigenvalue weighted by Gasteiger charge is 2.19. The summed E-state index contributed by atoms with van der Waals surface area (Å²) in [4.78, 5) is 10.3. The maximum Gasteiger partial charge on any atom is 0.311 e. The first-order valence-corrected chi connectivity index (χ1v) is 4.89. The van der Waals surface area contributed by atoms with E-state index in [0.717, 1.165) is 0 Å². The fourth-order valence-electron chi connectivity index (χ4n) is 1.26. The largest absolute Gasteiger partial charge is 0.317 e. The van der Waals surface area contributed by atoms with E-state index in [0.29, 0.717) is 0 Å². The van der Waals surface area contributed by atoms with Crippen molar-refractivity contribution >= 4 is 28.9 Å². The van der Waals surface area contributed by atoms with Crippen molar-refractivity contribution in [3.05, 3.63) is 33.3 Å². The molecule has 0 unspecified atom stereocenters. The van der Waals surface area contributed by atoms with Crippen molar-refractivity contribution in [1.29, 1.82) is 0 Å². The van der Waals surface area contributed by atoms with E-state index in [-0.39, 0.29) is 22.3 Å². The van der Waals surface area contributed by atoms with Gasteiger partial charge in [0.15, 0.2) is 0 Å². The topological polar surface area (TPSA) is 98.8 Å². The average molecular weight is 255 g/mol. The van der Waals surface area contributed by atoms with Crippen molar-refractivity contribution in [3.63, 3.8) is 0 Å². The van der Waals surface area contributed by atoms with Crippen molar-refractivity contribution in [2.45, 2.75) is 0 Å². The van der Waals surface area contributed by atoms with Crippen LogP contribution in [0.2, 0.25) is 5.02 Å². The van der Waals surface area contributed by atoms with Gasteiger partial charge in [-0.1, -0.05) is 22.8 Å². The number of aromatic nitrogens is 4. The second kappa shape index (κ2) is 4.34. The second-order valence-corrected chi connectivity index (χ2v) is 3.55. The molecule has 1 heterocycles. The predicted molar refractivity (Wildman–Crippen MR) is 60.2 cm³/mol. The van der Waals surface area contributed by atoms with E-state index in [2.05, 4.69) is 20.8 Å². The molecule has 0 aliphatic carbocycles. The first-order chi connectivity index (χ1) is 8.09. The molecule has 0 aliphatic heterocycles. The number of hydrogen-bond donors (Lipinski definition) is 1. The molecule has 0 bridgehead atoms. The van der Waals surface area contributed by atoms with Gasteiger partial charge in [0, 0.05) is 7.05 Å². The highest BCUT2D eigenvalue weighted by atomic mass is 35.5. The van der Waals surface area contributed by atoms with Gasteiger partial charge in [-0.05, 0) is 22.6 Å². The van der Waals surface area contributed by atoms with Crippen LogP contribution in [0.4, 0.5) is 17.3 Å². The van der Waals surface area contributed by atoms with Gasteiger partial charge in [0.05, 0.1) is 4.92 Å². The van der Waals surface area contributed by atoms with Crippen molar-refractivity contribution in [2.24, 2.45) is 7.05 Å². The number of nitrogens with one attached hydrogen (secondary N) is 1. The Bertz CT molecular complexity index is 569. The minimum absolute atomic E-state index is 0.0510. The predicted octanol–water partition coefficient (Wildman–Crippen LogP) is 1.52. The molecule has 0 saturated carbocycles. The van der Waals surface area contributed by atoms with E-state index in [1.165, 1.54) is 16.8 Å². The van der Waals surface area contributed by atoms with E-state index in [1.54, 1.807) is 13.1 Å². The molecule has 88 valence electrons. The lowest BCUT2D eigenvalue weighted by atomic mass is 10.2. The number of tetrazole rings is 1. The van der Waals surface area contributed by atoms with Crippen LogP contribution >= 0.6 is 11.6 Å². The van der Waals surface area contributed by atoms with E-state index in [4.69, 9.17) is 11.6 Å². The van der Waals surface area contributed by atoms with E-state index >= 15 is 0 Å². The number of nitrogens with zero attached hydrogens (tertiary/aromatic N) is 5. The third kappa shape index (κ3) is 2.16. The molecule has 17 heavy (non-hydrogen) atoms. The quantitative estimate of drug-likeness (QED) is 0.658. The normalized spacial score (nSPS) is 10.2. The van der Waals surface area contributed by atoms with Crippen molar-refractivity contribution in [1.82, 2.24) is 20.2 Å². The molecule has 8 nitrogen and oxygen atoms in total. The summed E-state index contributed by atoms with van der Waals surface area (Å²) < 4.78 is 1.35. The van der Waals surface area contributed by atoms with Gasteiger partial charge in [-0.15, -0.1) is 0 Å². The molecule has 2 rings (SSSR count). The molecule has 1 aromatic heterocycles. The molecular weight excluding hydrogens is 248 g/mol. The zero-order valence-corrected chi connectivity index (χ0v) is 9.42. The Balaban J connectivity index is 2.43. The SMILES string of the molecule is Cn1nnnc1Nc1cccc(Cl)c1[N+](=O)[O-]. The Kier molecular flexibility index (Phi) is 2.88. The van der Waals surface area contributed by atoms with E-state index in [1.807, 2.05) is 0 Å². The number of nitro benzene ring substituents is 1. The van der Waals surface area contributed by atoms with Gasteiger partial charge in [-0.2, -0.15) is 0 Å². The van der Waals surface area contributed by atoms with Crippen molar-refractivity contribution in [3.8, 4) is 0 Å². The van der Waals surface area contributed by atoms with Gasteiger partial charge in [0.1, 0.15) is 10.7 Å². The van der Waals surface area contributed by atoms with Crippen LogP contribution in [0.3, 0.4) is 0 Å². The summed E-state index contributed by atoms with van der Waals surface area (Å²) >= 11 is 5.76. The van der Waals surface area contributed by atoms with E-state index in [9.17, 15) is 10.1 Å². The van der Waals surface area contributed by atoms with Gasteiger partial charge in [0.2, 0.25) is 5.95 Å². The van der Waals surface area contributed by atoms with Gasteiger partial charge < -0.3 is 5.32 Å². The Hall–Kier alpha value is -2.22. The van der Waals surface area contributed by atoms with Crippen LogP contribution in [-0.4, -0.2) is 25.1 Å².